The van der Waals surface area contributed by atoms with Crippen LogP contribution in [0.5, 0.6) is 11.5 Å². The lowest BCUT2D eigenvalue weighted by molar-refractivity contribution is -0.121. The molecule has 0 bridgehead atoms. The van der Waals surface area contributed by atoms with Gasteiger partial charge in [-0.3, -0.25) is 14.4 Å². The van der Waals surface area contributed by atoms with Gasteiger partial charge in [0.2, 0.25) is 11.8 Å². The lowest BCUT2D eigenvalue weighted by Gasteiger charge is -2.14. The minimum atomic E-state index is -1.31. The third kappa shape index (κ3) is 3.91. The molecule has 0 saturated carbocycles. The molecule has 3 amide bonds. The SMILES string of the molecule is O=C(CC1SC(=O)N(c2cccc(O)c2)C1=O)Nc1ccc(C(=O)O)c(O)c1. The minimum Gasteiger partial charge on any atom is -0.508 e. The number of nitrogens with one attached hydrogen (secondary N) is 1. The van der Waals surface area contributed by atoms with Gasteiger partial charge in [-0.2, -0.15) is 0 Å². The minimum absolute atomic E-state index is 0.103. The third-order valence-electron chi connectivity index (χ3n) is 3.89. The van der Waals surface area contributed by atoms with Crippen molar-refractivity contribution in [2.75, 3.05) is 10.2 Å². The monoisotopic (exact) mass is 402 g/mol. The Morgan fingerprint density at radius 1 is 1.11 bits per heavy atom. The highest BCUT2D eigenvalue weighted by Crippen LogP contribution is 2.34. The number of carbonyl (C=O) groups is 4. The van der Waals surface area contributed by atoms with Gasteiger partial charge < -0.3 is 20.6 Å². The Morgan fingerprint density at radius 3 is 2.50 bits per heavy atom. The number of carbonyl (C=O) groups excluding carboxylic acids is 3. The zero-order valence-corrected chi connectivity index (χ0v) is 15.0. The van der Waals surface area contributed by atoms with E-state index in [-0.39, 0.29) is 29.1 Å². The summed E-state index contributed by atoms with van der Waals surface area (Å²) in [5.41, 5.74) is 0.0468. The lowest BCUT2D eigenvalue weighted by atomic mass is 10.1. The first kappa shape index (κ1) is 19.2. The molecule has 0 aliphatic carbocycles. The van der Waals surface area contributed by atoms with Gasteiger partial charge in [-0.15, -0.1) is 0 Å². The van der Waals surface area contributed by atoms with Crippen molar-refractivity contribution in [2.45, 2.75) is 11.7 Å². The first-order chi connectivity index (χ1) is 13.3. The smallest absolute Gasteiger partial charge is 0.339 e. The van der Waals surface area contributed by atoms with Crippen LogP contribution >= 0.6 is 11.8 Å². The molecule has 9 nitrogen and oxygen atoms in total. The highest BCUT2D eigenvalue weighted by molar-refractivity contribution is 8.15. The van der Waals surface area contributed by atoms with Crippen LogP contribution in [0, 0.1) is 0 Å². The van der Waals surface area contributed by atoms with Crippen molar-refractivity contribution < 1.29 is 34.5 Å². The Kier molecular flexibility index (Phi) is 5.23. The van der Waals surface area contributed by atoms with Crippen molar-refractivity contribution in [3.63, 3.8) is 0 Å². The Labute approximate surface area is 162 Å². The number of anilines is 2. The highest BCUT2D eigenvalue weighted by Gasteiger charge is 2.41. The van der Waals surface area contributed by atoms with Gasteiger partial charge in [0.1, 0.15) is 22.3 Å². The maximum Gasteiger partial charge on any atom is 0.339 e. The largest absolute Gasteiger partial charge is 0.508 e. The molecule has 2 aromatic carbocycles. The van der Waals surface area contributed by atoms with E-state index in [4.69, 9.17) is 5.11 Å². The van der Waals surface area contributed by atoms with Gasteiger partial charge >= 0.3 is 5.97 Å². The molecular formula is C18H14N2O7S. The average Bonchev–Trinajstić information content (AvgIpc) is 2.88. The van der Waals surface area contributed by atoms with Gasteiger partial charge in [-0.1, -0.05) is 6.07 Å². The van der Waals surface area contributed by atoms with Gasteiger partial charge in [0.25, 0.3) is 5.24 Å². The molecule has 1 aliphatic heterocycles. The first-order valence-corrected chi connectivity index (χ1v) is 8.84. The number of phenolic OH excluding ortho intramolecular Hbond substituents is 1. The topological polar surface area (TPSA) is 144 Å². The molecule has 2 aromatic rings. The van der Waals surface area contributed by atoms with E-state index in [1.54, 1.807) is 0 Å². The van der Waals surface area contributed by atoms with Crippen LogP contribution in [0.3, 0.4) is 0 Å². The van der Waals surface area contributed by atoms with Crippen LogP contribution in [0.4, 0.5) is 16.2 Å². The van der Waals surface area contributed by atoms with Crippen LogP contribution in [0.15, 0.2) is 42.5 Å². The molecular weight excluding hydrogens is 388 g/mol. The molecule has 1 fully saturated rings. The fourth-order valence-electron chi connectivity index (χ4n) is 2.62. The van der Waals surface area contributed by atoms with Crippen molar-refractivity contribution in [3.8, 4) is 11.5 Å². The van der Waals surface area contributed by atoms with E-state index in [0.717, 1.165) is 17.0 Å². The maximum absolute atomic E-state index is 12.5. The quantitative estimate of drug-likeness (QED) is 0.597. The summed E-state index contributed by atoms with van der Waals surface area (Å²) in [6.07, 6.45) is -0.300. The van der Waals surface area contributed by atoms with Gasteiger partial charge in [0, 0.05) is 24.2 Å². The summed E-state index contributed by atoms with van der Waals surface area (Å²) in [7, 11) is 0. The Morgan fingerprint density at radius 2 is 1.86 bits per heavy atom. The molecule has 1 atom stereocenters. The molecule has 28 heavy (non-hydrogen) atoms. The summed E-state index contributed by atoms with van der Waals surface area (Å²) < 4.78 is 0. The van der Waals surface area contributed by atoms with Crippen molar-refractivity contribution in [1.82, 2.24) is 0 Å². The Bertz CT molecular complexity index is 992. The zero-order chi connectivity index (χ0) is 20.4. The number of aromatic carboxylic acids is 1. The van der Waals surface area contributed by atoms with Gasteiger partial charge in [-0.25, -0.2) is 9.69 Å². The summed E-state index contributed by atoms with van der Waals surface area (Å²) in [5, 5.41) is 29.0. The number of rotatable bonds is 5. The standard InChI is InChI=1S/C18H14N2O7S/c21-11-3-1-2-10(7-11)20-16(24)14(28-18(20)27)8-15(23)19-9-4-5-12(17(25)26)13(22)6-9/h1-7,14,21-22H,8H2,(H,19,23)(H,25,26). The maximum atomic E-state index is 12.5. The van der Waals surface area contributed by atoms with Gasteiger partial charge in [0.15, 0.2) is 0 Å². The number of carboxylic acids is 1. The second-order valence-electron chi connectivity index (χ2n) is 5.86. The number of phenols is 2. The van der Waals surface area contributed by atoms with E-state index >= 15 is 0 Å². The normalized spacial score (nSPS) is 16.3. The summed E-state index contributed by atoms with van der Waals surface area (Å²) in [6.45, 7) is 0. The summed E-state index contributed by atoms with van der Waals surface area (Å²) in [6, 6.07) is 9.16. The molecule has 1 aliphatic rings. The third-order valence-corrected chi connectivity index (χ3v) is 4.93. The summed E-state index contributed by atoms with van der Waals surface area (Å²) in [4.78, 5) is 48.6. The van der Waals surface area contributed by atoms with Crippen molar-refractivity contribution in [2.24, 2.45) is 0 Å². The molecule has 1 saturated heterocycles. The van der Waals surface area contributed by atoms with E-state index in [1.807, 2.05) is 0 Å². The second kappa shape index (κ2) is 7.61. The number of nitrogens with zero attached hydrogens (tertiary/aromatic N) is 1. The molecule has 1 heterocycles. The van der Waals surface area contributed by atoms with Crippen LogP contribution < -0.4 is 10.2 Å². The Hall–Kier alpha value is -3.53. The number of thioether (sulfide) groups is 1. The molecule has 0 aromatic heterocycles. The van der Waals surface area contributed by atoms with Crippen LogP contribution in [-0.2, 0) is 9.59 Å². The molecule has 10 heteroatoms. The second-order valence-corrected chi connectivity index (χ2v) is 7.01. The van der Waals surface area contributed by atoms with E-state index in [0.29, 0.717) is 11.8 Å². The van der Waals surface area contributed by atoms with Crippen LogP contribution in [-0.4, -0.2) is 43.6 Å². The molecule has 1 unspecified atom stereocenters. The number of imide groups is 1. The Balaban J connectivity index is 1.68. The number of carboxylic acid groups (broad SMARTS) is 1. The number of hydrogen-bond acceptors (Lipinski definition) is 7. The number of hydrogen-bond donors (Lipinski definition) is 4. The lowest BCUT2D eigenvalue weighted by Crippen LogP contribution is -2.32. The molecule has 144 valence electrons. The number of aromatic hydroxyl groups is 2. The number of amides is 3. The average molecular weight is 402 g/mol. The predicted octanol–water partition coefficient (Wildman–Crippen LogP) is 2.39. The molecule has 0 radical (unpaired) electrons. The van der Waals surface area contributed by atoms with E-state index in [9.17, 15) is 29.4 Å². The van der Waals surface area contributed by atoms with Crippen molar-refractivity contribution in [3.05, 3.63) is 48.0 Å². The fraction of sp³-hybridized carbons (Fsp3) is 0.111. The molecule has 4 N–H and O–H groups in total. The van der Waals surface area contributed by atoms with Crippen LogP contribution in [0.25, 0.3) is 0 Å². The van der Waals surface area contributed by atoms with Gasteiger partial charge in [0.05, 0.1) is 5.69 Å². The molecule has 3 rings (SSSR count). The van der Waals surface area contributed by atoms with Crippen molar-refractivity contribution >= 4 is 46.2 Å². The molecule has 0 spiro atoms. The fourth-order valence-corrected chi connectivity index (χ4v) is 3.61. The van der Waals surface area contributed by atoms with E-state index < -0.39 is 34.0 Å². The van der Waals surface area contributed by atoms with E-state index in [1.165, 1.54) is 30.3 Å². The highest BCUT2D eigenvalue weighted by atomic mass is 32.2. The first-order valence-electron chi connectivity index (χ1n) is 7.96. The summed E-state index contributed by atoms with van der Waals surface area (Å²) in [5.74, 6) is -3.09. The number of benzene rings is 2. The summed E-state index contributed by atoms with van der Waals surface area (Å²) >= 11 is 0.699. The van der Waals surface area contributed by atoms with E-state index in [2.05, 4.69) is 5.32 Å². The zero-order valence-electron chi connectivity index (χ0n) is 14.2. The van der Waals surface area contributed by atoms with Crippen LogP contribution in [0.1, 0.15) is 16.8 Å². The van der Waals surface area contributed by atoms with Crippen LogP contribution in [0.2, 0.25) is 0 Å². The van der Waals surface area contributed by atoms with Crippen molar-refractivity contribution in [1.29, 1.82) is 0 Å². The predicted molar refractivity (Wildman–Crippen MR) is 101 cm³/mol. The van der Waals surface area contributed by atoms with Gasteiger partial charge in [-0.05, 0) is 36.0 Å².